The van der Waals surface area contributed by atoms with Crippen LogP contribution in [-0.4, -0.2) is 44.3 Å². The lowest BCUT2D eigenvalue weighted by Crippen LogP contribution is -2.48. The fourth-order valence-corrected chi connectivity index (χ4v) is 3.12. The fourth-order valence-electron chi connectivity index (χ4n) is 3.12. The molecule has 3 heteroatoms. The molecular formula is C18H30N2O. The molecule has 1 aliphatic heterocycles. The van der Waals surface area contributed by atoms with Gasteiger partial charge in [-0.1, -0.05) is 52.0 Å². The van der Waals surface area contributed by atoms with E-state index in [1.54, 1.807) is 0 Å². The van der Waals surface area contributed by atoms with Gasteiger partial charge in [0.25, 0.3) is 0 Å². The first kappa shape index (κ1) is 16.5. The predicted octanol–water partition coefficient (Wildman–Crippen LogP) is 2.97. The van der Waals surface area contributed by atoms with Crippen LogP contribution in [0.1, 0.15) is 44.9 Å². The lowest BCUT2D eigenvalue weighted by molar-refractivity contribution is -0.0686. The van der Waals surface area contributed by atoms with Crippen LogP contribution in [0.4, 0.5) is 0 Å². The van der Waals surface area contributed by atoms with E-state index < -0.39 is 0 Å². The Morgan fingerprint density at radius 2 is 1.90 bits per heavy atom. The zero-order valence-corrected chi connectivity index (χ0v) is 14.1. The average Bonchev–Trinajstić information content (AvgIpc) is 2.46. The highest BCUT2D eigenvalue weighted by Crippen LogP contribution is 2.31. The molecule has 0 spiro atoms. The van der Waals surface area contributed by atoms with Gasteiger partial charge >= 0.3 is 0 Å². The van der Waals surface area contributed by atoms with Gasteiger partial charge in [0, 0.05) is 13.1 Å². The van der Waals surface area contributed by atoms with Crippen molar-refractivity contribution in [2.24, 2.45) is 0 Å². The summed E-state index contributed by atoms with van der Waals surface area (Å²) in [5, 5.41) is 3.27. The van der Waals surface area contributed by atoms with E-state index >= 15 is 0 Å². The highest BCUT2D eigenvalue weighted by molar-refractivity contribution is 5.30. The van der Waals surface area contributed by atoms with Crippen molar-refractivity contribution in [1.29, 1.82) is 0 Å². The first-order valence-corrected chi connectivity index (χ1v) is 8.08. The van der Waals surface area contributed by atoms with Gasteiger partial charge in [0.2, 0.25) is 0 Å². The van der Waals surface area contributed by atoms with Crippen LogP contribution in [0.3, 0.4) is 0 Å². The smallest absolute Gasteiger partial charge is 0.0896 e. The standard InChI is InChI=1S/C18H30N2O/c1-6-20-11-12-21-16(13-19-5)17(20)14-7-9-15(10-8-14)18(2,3)4/h7-10,16-17,19H,6,11-13H2,1-5H3. The van der Waals surface area contributed by atoms with Crippen molar-refractivity contribution in [1.82, 2.24) is 10.2 Å². The van der Waals surface area contributed by atoms with E-state index in [1.165, 1.54) is 11.1 Å². The second-order valence-corrected chi connectivity index (χ2v) is 6.91. The van der Waals surface area contributed by atoms with Gasteiger partial charge in [-0.3, -0.25) is 4.90 Å². The number of ether oxygens (including phenoxy) is 1. The summed E-state index contributed by atoms with van der Waals surface area (Å²) in [7, 11) is 1.99. The third kappa shape index (κ3) is 3.85. The van der Waals surface area contributed by atoms with Gasteiger partial charge in [0.05, 0.1) is 18.8 Å². The van der Waals surface area contributed by atoms with Crippen molar-refractivity contribution in [3.63, 3.8) is 0 Å². The van der Waals surface area contributed by atoms with Gasteiger partial charge in [-0.05, 0) is 30.1 Å². The van der Waals surface area contributed by atoms with Crippen molar-refractivity contribution < 1.29 is 4.74 Å². The maximum Gasteiger partial charge on any atom is 0.0896 e. The van der Waals surface area contributed by atoms with Gasteiger partial charge in [-0.25, -0.2) is 0 Å². The maximum atomic E-state index is 6.01. The lowest BCUT2D eigenvalue weighted by atomic mass is 9.85. The Bertz CT molecular complexity index is 434. The summed E-state index contributed by atoms with van der Waals surface area (Å²) in [6, 6.07) is 9.46. The summed E-state index contributed by atoms with van der Waals surface area (Å²) in [6.07, 6.45) is 0.226. The highest BCUT2D eigenvalue weighted by Gasteiger charge is 2.32. The van der Waals surface area contributed by atoms with E-state index in [2.05, 4.69) is 62.2 Å². The molecule has 118 valence electrons. The van der Waals surface area contributed by atoms with E-state index in [1.807, 2.05) is 7.05 Å². The number of hydrogen-bond acceptors (Lipinski definition) is 3. The van der Waals surface area contributed by atoms with E-state index in [9.17, 15) is 0 Å². The van der Waals surface area contributed by atoms with Gasteiger partial charge in [-0.15, -0.1) is 0 Å². The second kappa shape index (κ2) is 6.91. The first-order chi connectivity index (χ1) is 9.97. The third-order valence-corrected chi connectivity index (χ3v) is 4.39. The van der Waals surface area contributed by atoms with Crippen LogP contribution in [-0.2, 0) is 10.2 Å². The molecule has 3 nitrogen and oxygen atoms in total. The van der Waals surface area contributed by atoms with E-state index in [0.29, 0.717) is 6.04 Å². The summed E-state index contributed by atoms with van der Waals surface area (Å²) in [5.41, 5.74) is 2.96. The molecule has 1 aromatic carbocycles. The summed E-state index contributed by atoms with van der Waals surface area (Å²) < 4.78 is 6.01. The van der Waals surface area contributed by atoms with Gasteiger partial charge < -0.3 is 10.1 Å². The second-order valence-electron chi connectivity index (χ2n) is 6.91. The topological polar surface area (TPSA) is 24.5 Å². The van der Waals surface area contributed by atoms with Crippen LogP contribution in [0.25, 0.3) is 0 Å². The molecule has 1 heterocycles. The van der Waals surface area contributed by atoms with Crippen molar-refractivity contribution >= 4 is 0 Å². The molecule has 0 amide bonds. The molecule has 2 unspecified atom stereocenters. The third-order valence-electron chi connectivity index (χ3n) is 4.39. The molecule has 21 heavy (non-hydrogen) atoms. The van der Waals surface area contributed by atoms with Crippen LogP contribution in [0, 0.1) is 0 Å². The normalized spacial score (nSPS) is 24.2. The van der Waals surface area contributed by atoms with Crippen molar-refractivity contribution in [3.05, 3.63) is 35.4 Å². The van der Waals surface area contributed by atoms with Gasteiger partial charge in [0.1, 0.15) is 0 Å². The van der Waals surface area contributed by atoms with Crippen LogP contribution in [0.15, 0.2) is 24.3 Å². The Hall–Kier alpha value is -0.900. The molecule has 1 saturated heterocycles. The van der Waals surface area contributed by atoms with E-state index in [4.69, 9.17) is 4.74 Å². The van der Waals surface area contributed by atoms with Gasteiger partial charge in [0.15, 0.2) is 0 Å². The minimum atomic E-state index is 0.205. The number of nitrogens with one attached hydrogen (secondary N) is 1. The average molecular weight is 290 g/mol. The molecular weight excluding hydrogens is 260 g/mol. The van der Waals surface area contributed by atoms with Crippen LogP contribution in [0.2, 0.25) is 0 Å². The molecule has 1 fully saturated rings. The van der Waals surface area contributed by atoms with Crippen molar-refractivity contribution in [2.75, 3.05) is 33.3 Å². The predicted molar refractivity (Wildman–Crippen MR) is 88.8 cm³/mol. The van der Waals surface area contributed by atoms with Crippen LogP contribution >= 0.6 is 0 Å². The summed E-state index contributed by atoms with van der Waals surface area (Å²) in [4.78, 5) is 2.53. The molecule has 0 aliphatic carbocycles. The van der Waals surface area contributed by atoms with E-state index in [0.717, 1.165) is 26.2 Å². The van der Waals surface area contributed by atoms with Crippen LogP contribution in [0.5, 0.6) is 0 Å². The molecule has 2 atom stereocenters. The summed E-state index contributed by atoms with van der Waals surface area (Å²) in [5.74, 6) is 0. The zero-order chi connectivity index (χ0) is 15.5. The fraction of sp³-hybridized carbons (Fsp3) is 0.667. The molecule has 1 aliphatic rings. The first-order valence-electron chi connectivity index (χ1n) is 8.08. The number of nitrogens with zero attached hydrogens (tertiary/aromatic N) is 1. The Kier molecular flexibility index (Phi) is 5.42. The van der Waals surface area contributed by atoms with Gasteiger partial charge in [-0.2, -0.15) is 0 Å². The molecule has 0 radical (unpaired) electrons. The minimum Gasteiger partial charge on any atom is -0.374 e. The van der Waals surface area contributed by atoms with Crippen LogP contribution < -0.4 is 5.32 Å². The Balaban J connectivity index is 2.26. The molecule has 1 aromatic rings. The SMILES string of the molecule is CCN1CCOC(CNC)C1c1ccc(C(C)(C)C)cc1. The largest absolute Gasteiger partial charge is 0.374 e. The zero-order valence-electron chi connectivity index (χ0n) is 14.1. The summed E-state index contributed by atoms with van der Waals surface area (Å²) >= 11 is 0. The highest BCUT2D eigenvalue weighted by atomic mass is 16.5. The summed E-state index contributed by atoms with van der Waals surface area (Å²) in [6.45, 7) is 12.8. The minimum absolute atomic E-state index is 0.205. The number of benzene rings is 1. The number of morpholine rings is 1. The monoisotopic (exact) mass is 290 g/mol. The molecule has 1 N–H and O–H groups in total. The number of rotatable bonds is 4. The quantitative estimate of drug-likeness (QED) is 0.922. The van der Waals surface area contributed by atoms with Crippen molar-refractivity contribution in [2.45, 2.75) is 45.3 Å². The number of hydrogen-bond donors (Lipinski definition) is 1. The molecule has 0 saturated carbocycles. The maximum absolute atomic E-state index is 6.01. The molecule has 2 rings (SSSR count). The Labute approximate surface area is 129 Å². The van der Waals surface area contributed by atoms with E-state index in [-0.39, 0.29) is 11.5 Å². The Morgan fingerprint density at radius 1 is 1.24 bits per heavy atom. The number of likely N-dealkylation sites (N-methyl/N-ethyl adjacent to an activating group) is 2. The molecule has 0 bridgehead atoms. The molecule has 0 aromatic heterocycles. The lowest BCUT2D eigenvalue weighted by Gasteiger charge is -2.41. The van der Waals surface area contributed by atoms with Crippen molar-refractivity contribution in [3.8, 4) is 0 Å². The Morgan fingerprint density at radius 3 is 2.43 bits per heavy atom.